The van der Waals surface area contributed by atoms with Gasteiger partial charge in [0, 0.05) is 6.04 Å². The first-order valence-electron chi connectivity index (χ1n) is 5.26. The molecule has 0 heterocycles. The summed E-state index contributed by atoms with van der Waals surface area (Å²) < 4.78 is 14.0. The van der Waals surface area contributed by atoms with Gasteiger partial charge in [0.25, 0.3) is 0 Å². The Morgan fingerprint density at radius 1 is 1.50 bits per heavy atom. The Morgan fingerprint density at radius 2 is 2.19 bits per heavy atom. The van der Waals surface area contributed by atoms with E-state index in [1.165, 1.54) is 0 Å². The third-order valence-electron chi connectivity index (χ3n) is 2.94. The summed E-state index contributed by atoms with van der Waals surface area (Å²) >= 11 is 3.10. The minimum absolute atomic E-state index is 0.243. The Kier molecular flexibility index (Phi) is 3.15. The number of hydrogen-bond donors (Lipinski definition) is 1. The summed E-state index contributed by atoms with van der Waals surface area (Å²) in [4.78, 5) is 0. The summed E-state index contributed by atoms with van der Waals surface area (Å²) in [6.45, 7) is 2.18. The lowest BCUT2D eigenvalue weighted by molar-refractivity contribution is 0.308. The third kappa shape index (κ3) is 2.05. The highest BCUT2D eigenvalue weighted by Crippen LogP contribution is 2.32. The molecule has 1 fully saturated rings. The van der Waals surface area contributed by atoms with Crippen LogP contribution in [0.2, 0.25) is 0 Å². The second-order valence-corrected chi connectivity index (χ2v) is 5.11. The van der Waals surface area contributed by atoms with E-state index in [1.807, 2.05) is 6.07 Å². The molecule has 0 atom stereocenters. The first-order valence-corrected chi connectivity index (χ1v) is 6.05. The Morgan fingerprint density at radius 3 is 2.75 bits per heavy atom. The van der Waals surface area contributed by atoms with Crippen molar-refractivity contribution in [2.75, 3.05) is 5.32 Å². The standard InChI is InChI=1S/C12H12BrFN2/c1-7-4-9(5-7)16-10-3-2-8(6-15)11(13)12(10)14/h2-3,7,9,16H,4-5H2,1H3. The average molecular weight is 283 g/mol. The van der Waals surface area contributed by atoms with E-state index < -0.39 is 0 Å². The quantitative estimate of drug-likeness (QED) is 0.898. The number of anilines is 1. The lowest BCUT2D eigenvalue weighted by atomic mass is 9.82. The molecule has 1 aliphatic carbocycles. The van der Waals surface area contributed by atoms with Gasteiger partial charge in [0.05, 0.1) is 15.7 Å². The summed E-state index contributed by atoms with van der Waals surface area (Å²) in [5.74, 6) is 0.348. The smallest absolute Gasteiger partial charge is 0.161 e. The average Bonchev–Trinajstić information content (AvgIpc) is 2.23. The van der Waals surface area contributed by atoms with Gasteiger partial charge in [-0.2, -0.15) is 5.26 Å². The van der Waals surface area contributed by atoms with E-state index in [0.717, 1.165) is 18.8 Å². The Labute approximate surface area is 103 Å². The molecule has 0 radical (unpaired) electrons. The maximum absolute atomic E-state index is 13.8. The van der Waals surface area contributed by atoms with Crippen LogP contribution in [0, 0.1) is 23.1 Å². The van der Waals surface area contributed by atoms with Gasteiger partial charge in [-0.15, -0.1) is 0 Å². The molecule has 1 saturated carbocycles. The van der Waals surface area contributed by atoms with Crippen molar-refractivity contribution in [3.05, 3.63) is 28.0 Å². The zero-order valence-electron chi connectivity index (χ0n) is 8.93. The van der Waals surface area contributed by atoms with E-state index in [2.05, 4.69) is 28.2 Å². The fourth-order valence-corrected chi connectivity index (χ4v) is 2.42. The number of rotatable bonds is 2. The van der Waals surface area contributed by atoms with Gasteiger partial charge in [0.15, 0.2) is 5.82 Å². The Hall–Kier alpha value is -1.08. The van der Waals surface area contributed by atoms with Crippen LogP contribution in [0.25, 0.3) is 0 Å². The fraction of sp³-hybridized carbons (Fsp3) is 0.417. The first-order chi connectivity index (χ1) is 7.61. The molecule has 2 nitrogen and oxygen atoms in total. The topological polar surface area (TPSA) is 35.8 Å². The van der Waals surface area contributed by atoms with Crippen molar-refractivity contribution in [2.45, 2.75) is 25.8 Å². The molecule has 1 aliphatic rings. The zero-order valence-corrected chi connectivity index (χ0v) is 10.5. The van der Waals surface area contributed by atoms with Crippen molar-refractivity contribution in [1.82, 2.24) is 0 Å². The molecular weight excluding hydrogens is 271 g/mol. The Balaban J connectivity index is 2.17. The second kappa shape index (κ2) is 4.42. The SMILES string of the molecule is CC1CC(Nc2ccc(C#N)c(Br)c2F)C1. The van der Waals surface area contributed by atoms with Gasteiger partial charge < -0.3 is 5.32 Å². The summed E-state index contributed by atoms with van der Waals surface area (Å²) in [5, 5.41) is 11.9. The number of hydrogen-bond acceptors (Lipinski definition) is 2. The maximum atomic E-state index is 13.8. The van der Waals surface area contributed by atoms with Crippen LogP contribution in [-0.4, -0.2) is 6.04 Å². The molecule has 1 aromatic carbocycles. The van der Waals surface area contributed by atoms with E-state index in [-0.39, 0.29) is 10.3 Å². The molecule has 2 rings (SSSR count). The van der Waals surface area contributed by atoms with Crippen LogP contribution in [0.4, 0.5) is 10.1 Å². The molecular formula is C12H12BrFN2. The number of nitrogens with zero attached hydrogens (tertiary/aromatic N) is 1. The van der Waals surface area contributed by atoms with E-state index in [0.29, 0.717) is 17.3 Å². The van der Waals surface area contributed by atoms with Crippen LogP contribution in [-0.2, 0) is 0 Å². The van der Waals surface area contributed by atoms with Crippen molar-refractivity contribution in [1.29, 1.82) is 5.26 Å². The summed E-state index contributed by atoms with van der Waals surface area (Å²) in [6, 6.07) is 5.55. The number of nitriles is 1. The molecule has 0 spiro atoms. The monoisotopic (exact) mass is 282 g/mol. The third-order valence-corrected chi connectivity index (χ3v) is 3.71. The summed E-state index contributed by atoms with van der Waals surface area (Å²) in [5.41, 5.74) is 0.799. The highest BCUT2D eigenvalue weighted by atomic mass is 79.9. The lowest BCUT2D eigenvalue weighted by Gasteiger charge is -2.34. The van der Waals surface area contributed by atoms with Crippen molar-refractivity contribution >= 4 is 21.6 Å². The van der Waals surface area contributed by atoms with Gasteiger partial charge in [-0.25, -0.2) is 4.39 Å². The highest BCUT2D eigenvalue weighted by molar-refractivity contribution is 9.10. The highest BCUT2D eigenvalue weighted by Gasteiger charge is 2.26. The molecule has 0 bridgehead atoms. The minimum atomic E-state index is -0.376. The van der Waals surface area contributed by atoms with Crippen molar-refractivity contribution < 1.29 is 4.39 Å². The Bertz CT molecular complexity index is 447. The molecule has 84 valence electrons. The summed E-state index contributed by atoms with van der Waals surface area (Å²) in [7, 11) is 0. The van der Waals surface area contributed by atoms with Gasteiger partial charge in [0.2, 0.25) is 0 Å². The molecule has 1 N–H and O–H groups in total. The fourth-order valence-electron chi connectivity index (χ4n) is 1.99. The molecule has 0 aromatic heterocycles. The number of nitrogens with one attached hydrogen (secondary N) is 1. The van der Waals surface area contributed by atoms with Gasteiger partial charge in [0.1, 0.15) is 6.07 Å². The van der Waals surface area contributed by atoms with Gasteiger partial charge in [-0.1, -0.05) is 6.92 Å². The first kappa shape index (κ1) is 11.4. The molecule has 16 heavy (non-hydrogen) atoms. The summed E-state index contributed by atoms with van der Waals surface area (Å²) in [6.07, 6.45) is 2.16. The molecule has 1 aromatic rings. The maximum Gasteiger partial charge on any atom is 0.161 e. The molecule has 0 saturated heterocycles. The molecule has 4 heteroatoms. The zero-order chi connectivity index (χ0) is 11.7. The van der Waals surface area contributed by atoms with Crippen molar-refractivity contribution in [2.24, 2.45) is 5.92 Å². The molecule has 0 aliphatic heterocycles. The van der Waals surface area contributed by atoms with E-state index in [9.17, 15) is 4.39 Å². The largest absolute Gasteiger partial charge is 0.380 e. The van der Waals surface area contributed by atoms with Crippen molar-refractivity contribution in [3.63, 3.8) is 0 Å². The van der Waals surface area contributed by atoms with Crippen LogP contribution in [0.1, 0.15) is 25.3 Å². The predicted molar refractivity (Wildman–Crippen MR) is 64.6 cm³/mol. The molecule has 0 unspecified atom stereocenters. The van der Waals surface area contributed by atoms with E-state index >= 15 is 0 Å². The number of benzene rings is 1. The molecule has 0 amide bonds. The normalized spacial score (nSPS) is 23.4. The van der Waals surface area contributed by atoms with Crippen molar-refractivity contribution in [3.8, 4) is 6.07 Å². The number of halogens is 2. The minimum Gasteiger partial charge on any atom is -0.380 e. The van der Waals surface area contributed by atoms with E-state index in [4.69, 9.17) is 5.26 Å². The van der Waals surface area contributed by atoms with Crippen LogP contribution in [0.3, 0.4) is 0 Å². The predicted octanol–water partition coefficient (Wildman–Crippen LogP) is 3.67. The second-order valence-electron chi connectivity index (χ2n) is 4.32. The van der Waals surface area contributed by atoms with Gasteiger partial charge in [-0.3, -0.25) is 0 Å². The lowest BCUT2D eigenvalue weighted by Crippen LogP contribution is -2.34. The van der Waals surface area contributed by atoms with Crippen LogP contribution >= 0.6 is 15.9 Å². The van der Waals surface area contributed by atoms with Crippen LogP contribution in [0.5, 0.6) is 0 Å². The van der Waals surface area contributed by atoms with Gasteiger partial charge >= 0.3 is 0 Å². The van der Waals surface area contributed by atoms with Crippen LogP contribution < -0.4 is 5.32 Å². The van der Waals surface area contributed by atoms with Crippen LogP contribution in [0.15, 0.2) is 16.6 Å². The van der Waals surface area contributed by atoms with Gasteiger partial charge in [-0.05, 0) is 46.8 Å². The van der Waals surface area contributed by atoms with E-state index in [1.54, 1.807) is 12.1 Å².